The molecule has 15 heavy (non-hydrogen) atoms. The van der Waals surface area contributed by atoms with Gasteiger partial charge in [-0.2, -0.15) is 10.5 Å². The zero-order chi connectivity index (χ0) is 10.9. The van der Waals surface area contributed by atoms with Crippen molar-refractivity contribution in [3.05, 3.63) is 46.9 Å². The lowest BCUT2D eigenvalue weighted by atomic mass is 10.0. The second-order valence-corrected chi connectivity index (χ2v) is 3.40. The van der Waals surface area contributed by atoms with Gasteiger partial charge in [-0.15, -0.1) is 0 Å². The van der Waals surface area contributed by atoms with Crippen LogP contribution in [0.2, 0.25) is 0 Å². The van der Waals surface area contributed by atoms with Crippen LogP contribution >= 0.6 is 0 Å². The van der Waals surface area contributed by atoms with E-state index in [1.807, 2.05) is 48.3 Å². The lowest BCUT2D eigenvalue weighted by Gasteiger charge is -1.96. The van der Waals surface area contributed by atoms with Crippen LogP contribution in [0, 0.1) is 28.1 Å². The Labute approximate surface area is 87.4 Å². The summed E-state index contributed by atoms with van der Waals surface area (Å²) >= 11 is 0. The molecule has 0 N–H and O–H groups in total. The van der Waals surface area contributed by atoms with E-state index < -0.39 is 5.41 Å². The zero-order valence-corrected chi connectivity index (χ0v) is 7.81. The molecule has 1 aliphatic rings. The summed E-state index contributed by atoms with van der Waals surface area (Å²) in [5, 5.41) is 26.7. The number of hydrogen-bond acceptors (Lipinski definition) is 2. The lowest BCUT2D eigenvalue weighted by molar-refractivity contribution is 0.853. The first-order valence-corrected chi connectivity index (χ1v) is 4.45. The van der Waals surface area contributed by atoms with Gasteiger partial charge in [-0.1, -0.05) is 30.3 Å². The first kappa shape index (κ1) is 9.21. The highest BCUT2D eigenvalue weighted by atomic mass is 14.6. The monoisotopic (exact) mass is 192 g/mol. The molecular weight excluding hydrogens is 186 g/mol. The molecule has 1 aliphatic carbocycles. The van der Waals surface area contributed by atoms with Crippen LogP contribution in [0.3, 0.4) is 0 Å². The van der Waals surface area contributed by atoms with Gasteiger partial charge in [0.05, 0.1) is 12.1 Å². The second kappa shape index (κ2) is 3.10. The molecular formula is C12H6N3-. The van der Waals surface area contributed by atoms with Crippen molar-refractivity contribution in [1.82, 2.24) is 0 Å². The molecule has 1 unspecified atom stereocenters. The van der Waals surface area contributed by atoms with E-state index in [1.165, 1.54) is 0 Å². The van der Waals surface area contributed by atoms with Crippen molar-refractivity contribution in [2.45, 2.75) is 5.92 Å². The summed E-state index contributed by atoms with van der Waals surface area (Å²) in [6, 6.07) is 13.1. The van der Waals surface area contributed by atoms with E-state index in [-0.39, 0.29) is 5.92 Å². The maximum absolute atomic E-state index is 8.95. The van der Waals surface area contributed by atoms with Crippen LogP contribution in [0.5, 0.6) is 0 Å². The molecule has 1 aromatic rings. The van der Waals surface area contributed by atoms with Gasteiger partial charge < -0.3 is 5.41 Å². The van der Waals surface area contributed by atoms with E-state index in [2.05, 4.69) is 0 Å². The summed E-state index contributed by atoms with van der Waals surface area (Å²) < 4.78 is 0. The molecule has 3 nitrogen and oxygen atoms in total. The number of hydrogen-bond donors (Lipinski definition) is 0. The molecule has 2 rings (SSSR count). The topological polar surface area (TPSA) is 69.9 Å². The van der Waals surface area contributed by atoms with Crippen molar-refractivity contribution < 1.29 is 0 Å². The lowest BCUT2D eigenvalue weighted by Crippen LogP contribution is -1.95. The van der Waals surface area contributed by atoms with E-state index in [0.717, 1.165) is 5.56 Å². The standard InChI is InChI=1S/C12H6N3/c13-6-10-11(12(10,7-14)8-15)9-4-2-1-3-5-9/h1-5,11H/q-1. The third-order valence-electron chi connectivity index (χ3n) is 2.67. The van der Waals surface area contributed by atoms with Crippen LogP contribution in [0.4, 0.5) is 0 Å². The fraction of sp³-hybridized carbons (Fsp3) is 0.167. The minimum Gasteiger partial charge on any atom is -0.763 e. The molecule has 0 bridgehead atoms. The average Bonchev–Trinajstić information content (AvgIpc) is 2.98. The molecule has 0 heterocycles. The summed E-state index contributed by atoms with van der Waals surface area (Å²) in [7, 11) is 0. The number of nitrogens with zero attached hydrogens (tertiary/aromatic N) is 3. The molecule has 0 spiro atoms. The third-order valence-corrected chi connectivity index (χ3v) is 2.67. The highest BCUT2D eigenvalue weighted by Gasteiger charge is 2.62. The molecule has 1 atom stereocenters. The summed E-state index contributed by atoms with van der Waals surface area (Å²) in [5.41, 5.74) is 0.00618. The minimum atomic E-state index is -1.21. The number of nitriles is 2. The van der Waals surface area contributed by atoms with Crippen molar-refractivity contribution in [3.63, 3.8) is 0 Å². The summed E-state index contributed by atoms with van der Waals surface area (Å²) in [4.78, 5) is 0. The molecule has 1 aromatic carbocycles. The van der Waals surface area contributed by atoms with Gasteiger partial charge in [0.15, 0.2) is 5.41 Å². The van der Waals surface area contributed by atoms with E-state index in [9.17, 15) is 0 Å². The van der Waals surface area contributed by atoms with Crippen LogP contribution < -0.4 is 0 Å². The highest BCUT2D eigenvalue weighted by Crippen LogP contribution is 2.62. The van der Waals surface area contributed by atoms with Crippen LogP contribution in [0.1, 0.15) is 11.5 Å². The Kier molecular flexibility index (Phi) is 1.90. The summed E-state index contributed by atoms with van der Waals surface area (Å²) in [6.45, 7) is 0. The predicted molar refractivity (Wildman–Crippen MR) is 54.7 cm³/mol. The minimum absolute atomic E-state index is 0.335. The number of rotatable bonds is 1. The largest absolute Gasteiger partial charge is 0.763 e. The molecule has 3 heteroatoms. The van der Waals surface area contributed by atoms with Crippen LogP contribution in [0.25, 0.3) is 5.41 Å². The van der Waals surface area contributed by atoms with Crippen molar-refractivity contribution in [3.8, 4) is 12.1 Å². The molecule has 0 aromatic heterocycles. The van der Waals surface area contributed by atoms with Crippen LogP contribution in [-0.2, 0) is 0 Å². The average molecular weight is 192 g/mol. The molecule has 0 saturated heterocycles. The Morgan fingerprint density at radius 3 is 2.13 bits per heavy atom. The van der Waals surface area contributed by atoms with Crippen LogP contribution in [-0.4, -0.2) is 5.87 Å². The van der Waals surface area contributed by atoms with Gasteiger partial charge in [0.2, 0.25) is 0 Å². The predicted octanol–water partition coefficient (Wildman–Crippen LogP) is 1.98. The van der Waals surface area contributed by atoms with Gasteiger partial charge in [-0.25, -0.2) is 0 Å². The van der Waals surface area contributed by atoms with Gasteiger partial charge in [0.1, 0.15) is 0 Å². The smallest absolute Gasteiger partial charge is 0.182 e. The highest BCUT2D eigenvalue weighted by molar-refractivity contribution is 5.79. The molecule has 1 saturated carbocycles. The molecule has 0 amide bonds. The zero-order valence-electron chi connectivity index (χ0n) is 7.81. The Hall–Kier alpha value is -2.35. The van der Waals surface area contributed by atoms with Crippen molar-refractivity contribution in [1.29, 1.82) is 10.5 Å². The molecule has 0 aliphatic heterocycles. The SMILES string of the molecule is N#CC1(C#N)C(=C=[N-])C1c1ccccc1. The van der Waals surface area contributed by atoms with Gasteiger partial charge >= 0.3 is 0 Å². The normalized spacial score (nSPS) is 20.9. The van der Waals surface area contributed by atoms with E-state index in [4.69, 9.17) is 15.9 Å². The first-order chi connectivity index (χ1) is 7.30. The molecule has 0 radical (unpaired) electrons. The fourth-order valence-corrected chi connectivity index (χ4v) is 1.82. The third kappa shape index (κ3) is 1.08. The fourth-order valence-electron chi connectivity index (χ4n) is 1.82. The van der Waals surface area contributed by atoms with E-state index >= 15 is 0 Å². The Balaban J connectivity index is 2.50. The van der Waals surface area contributed by atoms with E-state index in [0.29, 0.717) is 5.57 Å². The Morgan fingerprint density at radius 1 is 1.13 bits per heavy atom. The molecule has 1 fully saturated rings. The van der Waals surface area contributed by atoms with Gasteiger partial charge in [-0.05, 0) is 11.1 Å². The summed E-state index contributed by atoms with van der Waals surface area (Å²) in [5.74, 6) is 1.62. The molecule has 70 valence electrons. The van der Waals surface area contributed by atoms with Gasteiger partial charge in [-0.3, -0.25) is 5.87 Å². The van der Waals surface area contributed by atoms with Gasteiger partial charge in [0.25, 0.3) is 0 Å². The van der Waals surface area contributed by atoms with E-state index in [1.54, 1.807) is 0 Å². The number of benzene rings is 1. The Morgan fingerprint density at radius 2 is 1.73 bits per heavy atom. The Bertz CT molecular complexity index is 510. The maximum Gasteiger partial charge on any atom is 0.182 e. The number of allylic oxidation sites excluding steroid dienone is 1. The first-order valence-electron chi connectivity index (χ1n) is 4.45. The van der Waals surface area contributed by atoms with Crippen LogP contribution in [0.15, 0.2) is 35.9 Å². The van der Waals surface area contributed by atoms with Gasteiger partial charge in [0, 0.05) is 5.92 Å². The maximum atomic E-state index is 8.95. The summed E-state index contributed by atoms with van der Waals surface area (Å²) in [6.07, 6.45) is 0. The second-order valence-electron chi connectivity index (χ2n) is 3.40. The van der Waals surface area contributed by atoms with Crippen molar-refractivity contribution in [2.24, 2.45) is 5.41 Å². The van der Waals surface area contributed by atoms with Crippen molar-refractivity contribution in [2.75, 3.05) is 0 Å². The quantitative estimate of drug-likeness (QED) is 0.638. The van der Waals surface area contributed by atoms with Crippen molar-refractivity contribution >= 4 is 5.87 Å².